The number of benzene rings is 2. The molecular formula is C21H26FNO3. The first-order valence-corrected chi connectivity index (χ1v) is 9.02. The lowest BCUT2D eigenvalue weighted by atomic mass is 10.1. The van der Waals surface area contributed by atoms with Gasteiger partial charge in [0, 0.05) is 13.0 Å². The van der Waals surface area contributed by atoms with Crippen LogP contribution in [0.5, 0.6) is 11.5 Å². The third kappa shape index (κ3) is 6.39. The van der Waals surface area contributed by atoms with Gasteiger partial charge in [-0.3, -0.25) is 4.79 Å². The predicted octanol–water partition coefficient (Wildman–Crippen LogP) is 3.91. The molecule has 0 atom stereocenters. The molecule has 4 nitrogen and oxygen atoms in total. The van der Waals surface area contributed by atoms with E-state index in [2.05, 4.69) is 5.32 Å². The SMILES string of the molecule is CCOc1ccc(CCC(=O)NCCc2ccc(F)cc2)cc1OCC. The Kier molecular flexibility index (Phi) is 7.93. The van der Waals surface area contributed by atoms with Crippen LogP contribution in [0.3, 0.4) is 0 Å². The molecule has 1 N–H and O–H groups in total. The normalized spacial score (nSPS) is 10.4. The van der Waals surface area contributed by atoms with E-state index >= 15 is 0 Å². The highest BCUT2D eigenvalue weighted by atomic mass is 19.1. The largest absolute Gasteiger partial charge is 0.490 e. The quantitative estimate of drug-likeness (QED) is 0.700. The first-order chi connectivity index (χ1) is 12.6. The van der Waals surface area contributed by atoms with Crippen LogP contribution in [0.4, 0.5) is 4.39 Å². The number of hydrogen-bond donors (Lipinski definition) is 1. The second-order valence-corrected chi connectivity index (χ2v) is 5.87. The zero-order valence-corrected chi connectivity index (χ0v) is 15.4. The summed E-state index contributed by atoms with van der Waals surface area (Å²) < 4.78 is 24.0. The molecule has 2 rings (SSSR count). The standard InChI is InChI=1S/C21H26FNO3/c1-3-25-19-11-7-17(15-20(19)26-4-2)8-12-21(24)23-14-13-16-5-9-18(22)10-6-16/h5-7,9-11,15H,3-4,8,12-14H2,1-2H3,(H,23,24). The number of nitrogens with one attached hydrogen (secondary N) is 1. The van der Waals surface area contributed by atoms with Crippen molar-refractivity contribution in [2.75, 3.05) is 19.8 Å². The molecule has 1 amide bonds. The monoisotopic (exact) mass is 359 g/mol. The number of ether oxygens (including phenoxy) is 2. The van der Waals surface area contributed by atoms with Gasteiger partial charge < -0.3 is 14.8 Å². The minimum atomic E-state index is -0.250. The summed E-state index contributed by atoms with van der Waals surface area (Å²) in [6, 6.07) is 12.1. The van der Waals surface area contributed by atoms with Crippen molar-refractivity contribution in [1.29, 1.82) is 0 Å². The van der Waals surface area contributed by atoms with Gasteiger partial charge in [0.05, 0.1) is 13.2 Å². The molecule has 0 aliphatic rings. The van der Waals surface area contributed by atoms with E-state index in [1.54, 1.807) is 12.1 Å². The first-order valence-electron chi connectivity index (χ1n) is 9.02. The number of amides is 1. The Bertz CT molecular complexity index is 701. The van der Waals surface area contributed by atoms with Gasteiger partial charge in [-0.1, -0.05) is 18.2 Å². The van der Waals surface area contributed by atoms with E-state index in [1.165, 1.54) is 12.1 Å². The molecule has 0 aromatic heterocycles. The van der Waals surface area contributed by atoms with Gasteiger partial charge in [-0.25, -0.2) is 4.39 Å². The van der Waals surface area contributed by atoms with Crippen LogP contribution in [0.25, 0.3) is 0 Å². The van der Waals surface area contributed by atoms with Gasteiger partial charge in [-0.15, -0.1) is 0 Å². The molecule has 2 aromatic rings. The second-order valence-electron chi connectivity index (χ2n) is 5.87. The van der Waals surface area contributed by atoms with E-state index < -0.39 is 0 Å². The predicted molar refractivity (Wildman–Crippen MR) is 100 cm³/mol. The zero-order valence-electron chi connectivity index (χ0n) is 15.4. The van der Waals surface area contributed by atoms with E-state index in [-0.39, 0.29) is 11.7 Å². The van der Waals surface area contributed by atoms with Crippen molar-refractivity contribution in [3.05, 3.63) is 59.4 Å². The van der Waals surface area contributed by atoms with Gasteiger partial charge in [0.1, 0.15) is 5.82 Å². The summed E-state index contributed by atoms with van der Waals surface area (Å²) in [6.45, 7) is 5.54. The van der Waals surface area contributed by atoms with Crippen LogP contribution in [0.1, 0.15) is 31.4 Å². The summed E-state index contributed by atoms with van der Waals surface area (Å²) in [7, 11) is 0. The molecule has 5 heteroatoms. The Labute approximate surface area is 154 Å². The van der Waals surface area contributed by atoms with E-state index in [4.69, 9.17) is 9.47 Å². The second kappa shape index (κ2) is 10.4. The van der Waals surface area contributed by atoms with Gasteiger partial charge in [-0.05, 0) is 62.1 Å². The molecule has 0 saturated carbocycles. The lowest BCUT2D eigenvalue weighted by molar-refractivity contribution is -0.121. The Morgan fingerprint density at radius 2 is 1.58 bits per heavy atom. The van der Waals surface area contributed by atoms with Gasteiger partial charge >= 0.3 is 0 Å². The van der Waals surface area contributed by atoms with E-state index in [0.717, 1.165) is 16.9 Å². The smallest absolute Gasteiger partial charge is 0.220 e. The van der Waals surface area contributed by atoms with E-state index in [9.17, 15) is 9.18 Å². The Hall–Kier alpha value is -2.56. The summed E-state index contributed by atoms with van der Waals surface area (Å²) >= 11 is 0. The third-order valence-electron chi connectivity index (χ3n) is 3.90. The number of hydrogen-bond acceptors (Lipinski definition) is 3. The highest BCUT2D eigenvalue weighted by Gasteiger charge is 2.08. The van der Waals surface area contributed by atoms with Gasteiger partial charge in [0.15, 0.2) is 11.5 Å². The van der Waals surface area contributed by atoms with Crippen molar-refractivity contribution in [1.82, 2.24) is 5.32 Å². The topological polar surface area (TPSA) is 47.6 Å². The third-order valence-corrected chi connectivity index (χ3v) is 3.90. The summed E-state index contributed by atoms with van der Waals surface area (Å²) in [5.41, 5.74) is 2.03. The Morgan fingerprint density at radius 1 is 0.923 bits per heavy atom. The fraction of sp³-hybridized carbons (Fsp3) is 0.381. The number of halogens is 1. The number of carbonyl (C=O) groups is 1. The minimum Gasteiger partial charge on any atom is -0.490 e. The number of rotatable bonds is 10. The summed E-state index contributed by atoms with van der Waals surface area (Å²) in [5, 5.41) is 2.90. The van der Waals surface area contributed by atoms with Crippen molar-refractivity contribution < 1.29 is 18.7 Å². The van der Waals surface area contributed by atoms with Crippen LogP contribution in [-0.2, 0) is 17.6 Å². The molecule has 0 heterocycles. The van der Waals surface area contributed by atoms with Crippen LogP contribution < -0.4 is 14.8 Å². The van der Waals surface area contributed by atoms with Gasteiger partial charge in [0.25, 0.3) is 0 Å². The maximum atomic E-state index is 12.9. The summed E-state index contributed by atoms with van der Waals surface area (Å²) in [4.78, 5) is 12.0. The van der Waals surface area contributed by atoms with Gasteiger partial charge in [-0.2, -0.15) is 0 Å². The highest BCUT2D eigenvalue weighted by molar-refractivity contribution is 5.76. The van der Waals surface area contributed by atoms with Gasteiger partial charge in [0.2, 0.25) is 5.91 Å². The fourth-order valence-electron chi connectivity index (χ4n) is 2.59. The molecule has 26 heavy (non-hydrogen) atoms. The molecule has 0 radical (unpaired) electrons. The fourth-order valence-corrected chi connectivity index (χ4v) is 2.59. The molecule has 2 aromatic carbocycles. The number of carbonyl (C=O) groups excluding carboxylic acids is 1. The van der Waals surface area contributed by atoms with E-state index in [0.29, 0.717) is 44.8 Å². The summed E-state index contributed by atoms with van der Waals surface area (Å²) in [6.07, 6.45) is 1.72. The molecular weight excluding hydrogens is 333 g/mol. The highest BCUT2D eigenvalue weighted by Crippen LogP contribution is 2.28. The molecule has 0 fully saturated rings. The maximum absolute atomic E-state index is 12.9. The molecule has 0 bridgehead atoms. The average molecular weight is 359 g/mol. The number of aryl methyl sites for hydroxylation is 1. The van der Waals surface area contributed by atoms with Crippen LogP contribution in [0.15, 0.2) is 42.5 Å². The van der Waals surface area contributed by atoms with Crippen molar-refractivity contribution >= 4 is 5.91 Å². The average Bonchev–Trinajstić information content (AvgIpc) is 2.64. The molecule has 0 saturated heterocycles. The van der Waals surface area contributed by atoms with Crippen molar-refractivity contribution in [3.63, 3.8) is 0 Å². The molecule has 0 spiro atoms. The Balaban J connectivity index is 1.79. The molecule has 0 aliphatic carbocycles. The molecule has 140 valence electrons. The van der Waals surface area contributed by atoms with Crippen LogP contribution >= 0.6 is 0 Å². The lowest BCUT2D eigenvalue weighted by Gasteiger charge is -2.12. The van der Waals surface area contributed by atoms with Crippen molar-refractivity contribution in [2.24, 2.45) is 0 Å². The zero-order chi connectivity index (χ0) is 18.8. The lowest BCUT2D eigenvalue weighted by Crippen LogP contribution is -2.25. The molecule has 0 aliphatic heterocycles. The van der Waals surface area contributed by atoms with Crippen LogP contribution in [-0.4, -0.2) is 25.7 Å². The van der Waals surface area contributed by atoms with Crippen LogP contribution in [0.2, 0.25) is 0 Å². The Morgan fingerprint density at radius 3 is 2.27 bits per heavy atom. The minimum absolute atomic E-state index is 0.000966. The van der Waals surface area contributed by atoms with E-state index in [1.807, 2.05) is 32.0 Å². The maximum Gasteiger partial charge on any atom is 0.220 e. The first kappa shape index (κ1) is 19.8. The van der Waals surface area contributed by atoms with Crippen LogP contribution in [0, 0.1) is 5.82 Å². The van der Waals surface area contributed by atoms with Crippen molar-refractivity contribution in [3.8, 4) is 11.5 Å². The molecule has 0 unspecified atom stereocenters. The van der Waals surface area contributed by atoms with Crippen molar-refractivity contribution in [2.45, 2.75) is 33.1 Å². The summed E-state index contributed by atoms with van der Waals surface area (Å²) in [5.74, 6) is 1.18.